The second-order valence-electron chi connectivity index (χ2n) is 16.0. The molecule has 2 aromatic rings. The van der Waals surface area contributed by atoms with Crippen molar-refractivity contribution in [1.29, 1.82) is 0 Å². The molecule has 3 aliphatic carbocycles. The van der Waals surface area contributed by atoms with Crippen molar-refractivity contribution in [1.82, 2.24) is 4.90 Å². The van der Waals surface area contributed by atoms with Crippen molar-refractivity contribution in [3.05, 3.63) is 65.2 Å². The van der Waals surface area contributed by atoms with Crippen molar-refractivity contribution in [2.45, 2.75) is 161 Å². The van der Waals surface area contributed by atoms with Crippen LogP contribution in [0, 0.1) is 23.2 Å². The number of aliphatic hydroxyl groups is 1. The average Bonchev–Trinajstić information content (AvgIpc) is 3.37. The monoisotopic (exact) mass is 661 g/mol. The summed E-state index contributed by atoms with van der Waals surface area (Å²) in [6.45, 7) is 5.88. The van der Waals surface area contributed by atoms with Crippen LogP contribution in [0.1, 0.15) is 152 Å². The fraction of sp³-hybridized carbons (Fsp3) is 0.698. The lowest BCUT2D eigenvalue weighted by Crippen LogP contribution is -2.51. The second kappa shape index (κ2) is 18.0. The van der Waals surface area contributed by atoms with Crippen LogP contribution >= 0.6 is 0 Å². The first-order valence-corrected chi connectivity index (χ1v) is 19.8. The standard InChI is InChI=1S/C43H64FNO3/c1-3-4-5-6-7-8-9-10-17-22-40(48)45(31-32-19-14-13-15-20-32)27-18-12-11-16-21-33-28-34-29-35(46)23-24-36(34)42-38(44)30-43(2)37(41(33)42)25-26-39(43)47/h13-15,19-20,23-24,29,33,37-39,41-42,46-47H,3-12,16-18,21-22,25-28,30-31H2,1-2H3/t33-,37+,38+,39+,41+,42+,43+/m1/s1. The average molecular weight is 662 g/mol. The minimum Gasteiger partial charge on any atom is -0.508 e. The lowest BCUT2D eigenvalue weighted by Gasteiger charge is -2.54. The third-order valence-corrected chi connectivity index (χ3v) is 12.6. The van der Waals surface area contributed by atoms with Crippen molar-refractivity contribution in [2.75, 3.05) is 6.54 Å². The number of aliphatic hydroxyl groups excluding tert-OH is 1. The predicted octanol–water partition coefficient (Wildman–Crippen LogP) is 10.7. The van der Waals surface area contributed by atoms with E-state index in [1.807, 2.05) is 18.2 Å². The Morgan fingerprint density at radius 1 is 0.896 bits per heavy atom. The van der Waals surface area contributed by atoms with Crippen LogP contribution in [0.3, 0.4) is 0 Å². The molecule has 0 bridgehead atoms. The maximum absolute atomic E-state index is 16.1. The number of unbranched alkanes of at least 4 members (excludes halogenated alkanes) is 11. The van der Waals surface area contributed by atoms with Gasteiger partial charge in [-0.25, -0.2) is 4.39 Å². The number of halogens is 1. The van der Waals surface area contributed by atoms with Crippen molar-refractivity contribution in [2.24, 2.45) is 23.2 Å². The quantitative estimate of drug-likeness (QED) is 0.147. The number of benzene rings is 2. The van der Waals surface area contributed by atoms with E-state index in [4.69, 9.17) is 0 Å². The van der Waals surface area contributed by atoms with Crippen molar-refractivity contribution < 1.29 is 19.4 Å². The summed E-state index contributed by atoms with van der Waals surface area (Å²) in [5.41, 5.74) is 3.07. The van der Waals surface area contributed by atoms with Crippen LogP contribution in [0.4, 0.5) is 4.39 Å². The number of rotatable bonds is 19. The Bertz CT molecular complexity index is 1270. The van der Waals surface area contributed by atoms with E-state index < -0.39 is 12.3 Å². The smallest absolute Gasteiger partial charge is 0.222 e. The molecule has 0 aromatic heterocycles. The van der Waals surface area contributed by atoms with E-state index in [1.165, 1.54) is 50.5 Å². The van der Waals surface area contributed by atoms with Gasteiger partial charge in [0, 0.05) is 25.4 Å². The molecule has 0 radical (unpaired) electrons. The minimum absolute atomic E-state index is 0.133. The number of hydrogen-bond acceptors (Lipinski definition) is 3. The first-order valence-electron chi connectivity index (χ1n) is 19.8. The van der Waals surface area contributed by atoms with Crippen LogP contribution in [0.25, 0.3) is 0 Å². The number of nitrogens with zero attached hydrogens (tertiary/aromatic N) is 1. The molecule has 3 aliphatic rings. The Kier molecular flexibility index (Phi) is 13.8. The summed E-state index contributed by atoms with van der Waals surface area (Å²) in [6.07, 6.45) is 19.0. The Labute approximate surface area is 290 Å². The molecule has 266 valence electrons. The highest BCUT2D eigenvalue weighted by molar-refractivity contribution is 5.76. The van der Waals surface area contributed by atoms with E-state index >= 15 is 4.39 Å². The zero-order valence-corrected chi connectivity index (χ0v) is 30.1. The van der Waals surface area contributed by atoms with Crippen LogP contribution in [-0.4, -0.2) is 39.8 Å². The van der Waals surface area contributed by atoms with E-state index in [0.717, 1.165) is 81.9 Å². The molecule has 5 rings (SSSR count). The fourth-order valence-electron chi connectivity index (χ4n) is 9.94. The lowest BCUT2D eigenvalue weighted by atomic mass is 9.51. The highest BCUT2D eigenvalue weighted by Gasteiger charge is 2.59. The molecule has 0 saturated heterocycles. The minimum atomic E-state index is -0.959. The molecular weight excluding hydrogens is 597 g/mol. The van der Waals surface area contributed by atoms with Gasteiger partial charge < -0.3 is 15.1 Å². The largest absolute Gasteiger partial charge is 0.508 e. The van der Waals surface area contributed by atoms with Crippen molar-refractivity contribution in [3.63, 3.8) is 0 Å². The van der Waals surface area contributed by atoms with Crippen LogP contribution in [0.2, 0.25) is 0 Å². The molecule has 48 heavy (non-hydrogen) atoms. The summed E-state index contributed by atoms with van der Waals surface area (Å²) in [5.74, 6) is 1.38. The molecule has 4 nitrogen and oxygen atoms in total. The van der Waals surface area contributed by atoms with E-state index in [1.54, 1.807) is 6.07 Å². The molecule has 2 fully saturated rings. The molecule has 0 aliphatic heterocycles. The highest BCUT2D eigenvalue weighted by atomic mass is 19.1. The molecule has 0 heterocycles. The second-order valence-corrected chi connectivity index (χ2v) is 16.0. The highest BCUT2D eigenvalue weighted by Crippen LogP contribution is 2.63. The number of carbonyl (C=O) groups is 1. The first-order chi connectivity index (χ1) is 23.3. The zero-order chi connectivity index (χ0) is 33.9. The van der Waals surface area contributed by atoms with E-state index in [2.05, 4.69) is 43.0 Å². The van der Waals surface area contributed by atoms with Gasteiger partial charge >= 0.3 is 0 Å². The third-order valence-electron chi connectivity index (χ3n) is 12.6. The van der Waals surface area contributed by atoms with Gasteiger partial charge in [-0.1, -0.05) is 121 Å². The summed E-state index contributed by atoms with van der Waals surface area (Å²) < 4.78 is 16.1. The van der Waals surface area contributed by atoms with E-state index in [0.29, 0.717) is 31.2 Å². The van der Waals surface area contributed by atoms with Crippen LogP contribution in [0.15, 0.2) is 48.5 Å². The number of phenolic OH excluding ortho intramolecular Hbond substituents is 1. The normalized spacial score (nSPS) is 27.7. The fourth-order valence-corrected chi connectivity index (χ4v) is 9.94. The Balaban J connectivity index is 1.11. The Morgan fingerprint density at radius 2 is 1.58 bits per heavy atom. The van der Waals surface area contributed by atoms with Crippen molar-refractivity contribution in [3.8, 4) is 5.75 Å². The SMILES string of the molecule is CCCCCCCCCCCC(=O)N(CCCCCC[C@@H]1Cc2cc(O)ccc2[C@@H]2[C@@H]1[C@@H]1CC[C@H](O)[C@@]1(C)C[C@@H]2F)Cc1ccccc1. The van der Waals surface area contributed by atoms with Gasteiger partial charge in [-0.05, 0) is 96.9 Å². The molecule has 7 atom stereocenters. The number of hydrogen-bond donors (Lipinski definition) is 2. The molecule has 2 aromatic carbocycles. The zero-order valence-electron chi connectivity index (χ0n) is 30.1. The van der Waals surface area contributed by atoms with Gasteiger partial charge in [0.05, 0.1) is 6.10 Å². The molecule has 1 amide bonds. The van der Waals surface area contributed by atoms with E-state index in [-0.39, 0.29) is 28.9 Å². The number of alkyl halides is 1. The van der Waals surface area contributed by atoms with Gasteiger partial charge in [-0.3, -0.25) is 4.79 Å². The summed E-state index contributed by atoms with van der Waals surface area (Å²) in [7, 11) is 0. The molecule has 5 heteroatoms. The molecular formula is C43H64FNO3. The number of fused-ring (bicyclic) bond motifs is 5. The van der Waals surface area contributed by atoms with Gasteiger partial charge in [0.15, 0.2) is 0 Å². The third kappa shape index (κ3) is 9.23. The lowest BCUT2D eigenvalue weighted by molar-refractivity contribution is -0.132. The van der Waals surface area contributed by atoms with Gasteiger partial charge in [0.25, 0.3) is 0 Å². The predicted molar refractivity (Wildman–Crippen MR) is 195 cm³/mol. The number of carbonyl (C=O) groups excluding carboxylic acids is 1. The number of amides is 1. The van der Waals surface area contributed by atoms with Gasteiger partial charge in [0.2, 0.25) is 5.91 Å². The van der Waals surface area contributed by atoms with Crippen LogP contribution < -0.4 is 0 Å². The summed E-state index contributed by atoms with van der Waals surface area (Å²) >= 11 is 0. The Morgan fingerprint density at radius 3 is 2.33 bits per heavy atom. The molecule has 2 saturated carbocycles. The van der Waals surface area contributed by atoms with Crippen molar-refractivity contribution >= 4 is 5.91 Å². The first kappa shape index (κ1) is 36.9. The van der Waals surface area contributed by atoms with Crippen LogP contribution in [-0.2, 0) is 17.8 Å². The number of aromatic hydroxyl groups is 1. The topological polar surface area (TPSA) is 60.8 Å². The Hall–Kier alpha value is -2.40. The van der Waals surface area contributed by atoms with Gasteiger partial charge in [0.1, 0.15) is 11.9 Å². The molecule has 0 spiro atoms. The maximum atomic E-state index is 16.1. The summed E-state index contributed by atoms with van der Waals surface area (Å²) in [5, 5.41) is 21.2. The summed E-state index contributed by atoms with van der Waals surface area (Å²) in [4.78, 5) is 15.5. The molecule has 2 N–H and O–H groups in total. The van der Waals surface area contributed by atoms with E-state index in [9.17, 15) is 15.0 Å². The molecule has 0 unspecified atom stereocenters. The number of phenols is 1. The van der Waals surface area contributed by atoms with Gasteiger partial charge in [-0.15, -0.1) is 0 Å². The maximum Gasteiger partial charge on any atom is 0.222 e. The summed E-state index contributed by atoms with van der Waals surface area (Å²) in [6, 6.07) is 16.0. The van der Waals surface area contributed by atoms with Gasteiger partial charge in [-0.2, -0.15) is 0 Å². The van der Waals surface area contributed by atoms with Crippen LogP contribution in [0.5, 0.6) is 5.75 Å².